The van der Waals surface area contributed by atoms with Crippen molar-refractivity contribution in [3.63, 3.8) is 0 Å². The van der Waals surface area contributed by atoms with Crippen molar-refractivity contribution in [1.82, 2.24) is 14.8 Å². The molecule has 0 bridgehead atoms. The molecule has 116 valence electrons. The van der Waals surface area contributed by atoms with Crippen LogP contribution in [0.3, 0.4) is 0 Å². The van der Waals surface area contributed by atoms with Gasteiger partial charge in [0, 0.05) is 25.2 Å². The summed E-state index contributed by atoms with van der Waals surface area (Å²) >= 11 is 1.59. The summed E-state index contributed by atoms with van der Waals surface area (Å²) in [5.41, 5.74) is 1.38. The van der Waals surface area contributed by atoms with Gasteiger partial charge in [-0.05, 0) is 24.4 Å². The smallest absolute Gasteiger partial charge is 0.236 e. The van der Waals surface area contributed by atoms with Crippen molar-refractivity contribution >= 4 is 17.2 Å². The summed E-state index contributed by atoms with van der Waals surface area (Å²) < 4.78 is 0. The Kier molecular flexibility index (Phi) is 4.85. The molecule has 0 spiro atoms. The summed E-state index contributed by atoms with van der Waals surface area (Å²) in [6, 6.07) is 10.6. The summed E-state index contributed by atoms with van der Waals surface area (Å²) in [4.78, 5) is 20.6. The summed E-state index contributed by atoms with van der Waals surface area (Å²) in [5.74, 6) is 0.724. The van der Waals surface area contributed by atoms with Crippen LogP contribution < -0.4 is 0 Å². The molecule has 0 saturated carbocycles. The highest BCUT2D eigenvalue weighted by Gasteiger charge is 2.26. The van der Waals surface area contributed by atoms with Crippen molar-refractivity contribution in [2.75, 3.05) is 26.7 Å². The molecular formula is C17H21N3OS. The second-order valence-corrected chi connectivity index (χ2v) is 6.79. The number of thiazole rings is 1. The standard InChI is InChI=1S/C17H21N3OS/c1-19(12-16-18-8-10-22-16)17(21)13-20-9-7-15(11-20)14-5-3-2-4-6-14/h2-6,8,10,15H,7,9,11-13H2,1H3. The molecule has 1 fully saturated rings. The van der Waals surface area contributed by atoms with Gasteiger partial charge < -0.3 is 4.90 Å². The van der Waals surface area contributed by atoms with Crippen LogP contribution in [-0.2, 0) is 11.3 Å². The average Bonchev–Trinajstić information content (AvgIpc) is 3.20. The summed E-state index contributed by atoms with van der Waals surface area (Å²) in [7, 11) is 1.86. The number of carbonyl (C=O) groups is 1. The van der Waals surface area contributed by atoms with Crippen molar-refractivity contribution in [1.29, 1.82) is 0 Å². The van der Waals surface area contributed by atoms with Crippen molar-refractivity contribution in [3.8, 4) is 0 Å². The molecule has 3 rings (SSSR count). The molecule has 0 radical (unpaired) electrons. The van der Waals surface area contributed by atoms with Gasteiger partial charge in [-0.25, -0.2) is 4.98 Å². The fourth-order valence-electron chi connectivity index (χ4n) is 2.91. The number of hydrogen-bond donors (Lipinski definition) is 0. The van der Waals surface area contributed by atoms with Gasteiger partial charge in [0.05, 0.1) is 13.1 Å². The first-order chi connectivity index (χ1) is 10.7. The molecule has 1 aliphatic heterocycles. The average molecular weight is 315 g/mol. The van der Waals surface area contributed by atoms with Crippen LogP contribution in [0, 0.1) is 0 Å². The molecule has 0 N–H and O–H groups in total. The fraction of sp³-hybridized carbons (Fsp3) is 0.412. The third-order valence-corrected chi connectivity index (χ3v) is 4.95. The first kappa shape index (κ1) is 15.2. The number of benzene rings is 1. The van der Waals surface area contributed by atoms with Crippen LogP contribution >= 0.6 is 11.3 Å². The molecule has 5 heteroatoms. The van der Waals surface area contributed by atoms with Crippen LogP contribution in [0.4, 0.5) is 0 Å². The van der Waals surface area contributed by atoms with Gasteiger partial charge >= 0.3 is 0 Å². The molecule has 22 heavy (non-hydrogen) atoms. The second-order valence-electron chi connectivity index (χ2n) is 5.81. The molecule has 4 nitrogen and oxygen atoms in total. The first-order valence-corrected chi connectivity index (χ1v) is 8.50. The van der Waals surface area contributed by atoms with E-state index in [1.807, 2.05) is 18.5 Å². The number of likely N-dealkylation sites (tertiary alicyclic amines) is 1. The van der Waals surface area contributed by atoms with E-state index in [4.69, 9.17) is 0 Å². The maximum absolute atomic E-state index is 12.3. The lowest BCUT2D eigenvalue weighted by Gasteiger charge is -2.21. The molecule has 1 aliphatic rings. The summed E-state index contributed by atoms with van der Waals surface area (Å²) in [6.45, 7) is 3.08. The van der Waals surface area contributed by atoms with Gasteiger partial charge in [-0.2, -0.15) is 0 Å². The normalized spacial score (nSPS) is 18.5. The molecule has 2 aromatic rings. The quantitative estimate of drug-likeness (QED) is 0.851. The Hall–Kier alpha value is -1.72. The summed E-state index contributed by atoms with van der Waals surface area (Å²) in [6.07, 6.45) is 2.91. The monoisotopic (exact) mass is 315 g/mol. The van der Waals surface area contributed by atoms with Crippen molar-refractivity contribution in [2.24, 2.45) is 0 Å². The highest BCUT2D eigenvalue weighted by Crippen LogP contribution is 2.26. The Bertz CT molecular complexity index is 600. The molecule has 2 heterocycles. The van der Waals surface area contributed by atoms with E-state index >= 15 is 0 Å². The van der Waals surface area contributed by atoms with E-state index in [9.17, 15) is 4.79 Å². The summed E-state index contributed by atoms with van der Waals surface area (Å²) in [5, 5.41) is 2.93. The van der Waals surface area contributed by atoms with Gasteiger partial charge in [-0.3, -0.25) is 9.69 Å². The van der Waals surface area contributed by atoms with Gasteiger partial charge in [-0.1, -0.05) is 30.3 Å². The van der Waals surface area contributed by atoms with Crippen LogP contribution in [-0.4, -0.2) is 47.4 Å². The number of carbonyl (C=O) groups excluding carboxylic acids is 1. The minimum Gasteiger partial charge on any atom is -0.338 e. The van der Waals surface area contributed by atoms with Crippen LogP contribution in [0.2, 0.25) is 0 Å². The van der Waals surface area contributed by atoms with Gasteiger partial charge in [0.1, 0.15) is 5.01 Å². The maximum atomic E-state index is 12.3. The minimum absolute atomic E-state index is 0.170. The lowest BCUT2D eigenvalue weighted by atomic mass is 9.99. The third kappa shape index (κ3) is 3.72. The predicted octanol–water partition coefficient (Wildman–Crippen LogP) is 2.59. The zero-order valence-corrected chi connectivity index (χ0v) is 13.6. The van der Waals surface area contributed by atoms with Gasteiger partial charge in [0.25, 0.3) is 0 Å². The Morgan fingerprint density at radius 2 is 2.23 bits per heavy atom. The van der Waals surface area contributed by atoms with E-state index in [0.29, 0.717) is 19.0 Å². The lowest BCUT2D eigenvalue weighted by molar-refractivity contribution is -0.131. The van der Waals surface area contributed by atoms with E-state index in [0.717, 1.165) is 24.5 Å². The molecule has 0 aliphatic carbocycles. The zero-order valence-electron chi connectivity index (χ0n) is 12.8. The Morgan fingerprint density at radius 3 is 2.95 bits per heavy atom. The molecule has 1 saturated heterocycles. The predicted molar refractivity (Wildman–Crippen MR) is 88.8 cm³/mol. The molecule has 1 aromatic heterocycles. The zero-order chi connectivity index (χ0) is 15.4. The highest BCUT2D eigenvalue weighted by molar-refractivity contribution is 7.09. The third-order valence-electron chi connectivity index (χ3n) is 4.18. The molecule has 1 atom stereocenters. The molecule has 1 amide bonds. The maximum Gasteiger partial charge on any atom is 0.236 e. The van der Waals surface area contributed by atoms with Crippen LogP contribution in [0.1, 0.15) is 22.9 Å². The van der Waals surface area contributed by atoms with E-state index in [1.165, 1.54) is 5.56 Å². The highest BCUT2D eigenvalue weighted by atomic mass is 32.1. The van der Waals surface area contributed by atoms with E-state index < -0.39 is 0 Å². The minimum atomic E-state index is 0.170. The molecular weight excluding hydrogens is 294 g/mol. The van der Waals surface area contributed by atoms with Gasteiger partial charge in [0.15, 0.2) is 0 Å². The molecule has 1 aromatic carbocycles. The molecule has 1 unspecified atom stereocenters. The Labute approximate surface area is 135 Å². The number of amides is 1. The van der Waals surface area contributed by atoms with Gasteiger partial charge in [0.2, 0.25) is 5.91 Å². The van der Waals surface area contributed by atoms with Crippen molar-refractivity contribution < 1.29 is 4.79 Å². The van der Waals surface area contributed by atoms with E-state index in [-0.39, 0.29) is 5.91 Å². The van der Waals surface area contributed by atoms with Crippen LogP contribution in [0.25, 0.3) is 0 Å². The first-order valence-electron chi connectivity index (χ1n) is 7.62. The second kappa shape index (κ2) is 7.03. The van der Waals surface area contributed by atoms with Crippen LogP contribution in [0.15, 0.2) is 41.9 Å². The number of likely N-dealkylation sites (N-methyl/N-ethyl adjacent to an activating group) is 1. The topological polar surface area (TPSA) is 36.4 Å². The van der Waals surface area contributed by atoms with Crippen molar-refractivity contribution in [3.05, 3.63) is 52.5 Å². The lowest BCUT2D eigenvalue weighted by Crippen LogP contribution is -2.37. The number of rotatable bonds is 5. The number of aromatic nitrogens is 1. The Morgan fingerprint density at radius 1 is 1.41 bits per heavy atom. The van der Waals surface area contributed by atoms with Gasteiger partial charge in [-0.15, -0.1) is 11.3 Å². The van der Waals surface area contributed by atoms with E-state index in [1.54, 1.807) is 22.4 Å². The SMILES string of the molecule is CN(Cc1nccs1)C(=O)CN1CCC(c2ccccc2)C1. The Balaban J connectivity index is 1.50. The largest absolute Gasteiger partial charge is 0.338 e. The number of hydrogen-bond acceptors (Lipinski definition) is 4. The van der Waals surface area contributed by atoms with E-state index in [2.05, 4.69) is 34.1 Å². The van der Waals surface area contributed by atoms with Crippen molar-refractivity contribution in [2.45, 2.75) is 18.9 Å². The van der Waals surface area contributed by atoms with Crippen LogP contribution in [0.5, 0.6) is 0 Å². The fourth-order valence-corrected chi connectivity index (χ4v) is 3.58. The number of nitrogens with zero attached hydrogens (tertiary/aromatic N) is 3.